The van der Waals surface area contributed by atoms with Gasteiger partial charge in [0.05, 0.1) is 0 Å². The Kier molecular flexibility index (Phi) is 2.60. The molecule has 1 aliphatic heterocycles. The Morgan fingerprint density at radius 2 is 2.12 bits per heavy atom. The lowest BCUT2D eigenvalue weighted by molar-refractivity contribution is 0.0858. The van der Waals surface area contributed by atoms with Gasteiger partial charge in [0.15, 0.2) is 6.10 Å². The van der Waals surface area contributed by atoms with Crippen LogP contribution < -0.4 is 0 Å². The van der Waals surface area contributed by atoms with Gasteiger partial charge in [0.25, 0.3) is 0 Å². The van der Waals surface area contributed by atoms with Gasteiger partial charge in [-0.1, -0.05) is 29.4 Å². The molecule has 1 atom stereocenters. The van der Waals surface area contributed by atoms with Crippen LogP contribution in [0.5, 0.6) is 0 Å². The van der Waals surface area contributed by atoms with Crippen LogP contribution in [0.2, 0.25) is 0 Å². The van der Waals surface area contributed by atoms with Crippen molar-refractivity contribution in [3.8, 4) is 11.4 Å². The average molecular weight is 294 g/mol. The number of rotatable bonds is 2. The number of hydrogen-bond donors (Lipinski definition) is 1. The maximum atomic E-state index is 5.27. The highest BCUT2D eigenvalue weighted by Gasteiger charge is 2.21. The predicted octanol–water partition coefficient (Wildman–Crippen LogP) is 2.04. The molecule has 6 nitrogen and oxygen atoms in total. The maximum absolute atomic E-state index is 5.27. The summed E-state index contributed by atoms with van der Waals surface area (Å²) in [6, 6.07) is 7.85. The van der Waals surface area contributed by atoms with Crippen molar-refractivity contribution >= 4 is 20.6 Å². The first-order valence-electron chi connectivity index (χ1n) is 5.05. The molecule has 86 valence electrons. The zero-order valence-corrected chi connectivity index (χ0v) is 10.3. The van der Waals surface area contributed by atoms with Crippen LogP contribution in [0.3, 0.4) is 0 Å². The molecule has 1 unspecified atom stereocenters. The molecule has 1 aromatic heterocycles. The lowest BCUT2D eigenvalue weighted by atomic mass is 10.1. The minimum absolute atomic E-state index is 0.0105. The summed E-state index contributed by atoms with van der Waals surface area (Å²) in [5.41, 5.74) is 2.00. The highest BCUT2D eigenvalue weighted by molar-refractivity contribution is 9.18. The molecule has 2 aromatic rings. The van der Waals surface area contributed by atoms with Gasteiger partial charge in [0.1, 0.15) is 4.62 Å². The van der Waals surface area contributed by atoms with Crippen LogP contribution in [0.25, 0.3) is 11.4 Å². The number of H-pyrrole nitrogens is 1. The zero-order valence-electron chi connectivity index (χ0n) is 8.67. The van der Waals surface area contributed by atoms with Gasteiger partial charge in [-0.15, -0.1) is 10.2 Å². The Balaban J connectivity index is 1.81. The van der Waals surface area contributed by atoms with Gasteiger partial charge in [-0.2, -0.15) is 5.21 Å². The van der Waals surface area contributed by atoms with E-state index in [9.17, 15) is 0 Å². The molecular weight excluding hydrogens is 286 g/mol. The summed E-state index contributed by atoms with van der Waals surface area (Å²) in [6.45, 7) is 0. The fourth-order valence-electron chi connectivity index (χ4n) is 1.66. The van der Waals surface area contributed by atoms with Crippen molar-refractivity contribution in [2.75, 3.05) is 0 Å². The first-order valence-corrected chi connectivity index (χ1v) is 5.84. The monoisotopic (exact) mass is 293 g/mol. The number of hydrogen-bond acceptors (Lipinski definition) is 5. The molecular formula is C10H8BrN5O. The number of benzene rings is 1. The third kappa shape index (κ3) is 2.05. The Morgan fingerprint density at radius 3 is 2.71 bits per heavy atom. The average Bonchev–Trinajstić information content (AvgIpc) is 3.00. The molecule has 0 saturated heterocycles. The quantitative estimate of drug-likeness (QED) is 0.919. The van der Waals surface area contributed by atoms with E-state index >= 15 is 0 Å². The summed E-state index contributed by atoms with van der Waals surface area (Å²) in [4.78, 5) is 5.27. The van der Waals surface area contributed by atoms with E-state index in [2.05, 4.69) is 41.7 Å². The standard InChI is InChI=1S/C10H8BrN5O/c11-9-5-8(17-14-9)6-1-3-7(4-2-6)10-12-15-16-13-10/h1-4,8H,5H2,(H,12,13,15,16). The fourth-order valence-corrected chi connectivity index (χ4v) is 2.04. The Bertz CT molecular complexity index is 536. The third-order valence-corrected chi connectivity index (χ3v) is 2.99. The van der Waals surface area contributed by atoms with Gasteiger partial charge in [0, 0.05) is 12.0 Å². The Labute approximate surface area is 105 Å². The Hall–Kier alpha value is -1.76. The molecule has 0 saturated carbocycles. The first-order chi connectivity index (χ1) is 8.33. The number of oxime groups is 1. The van der Waals surface area contributed by atoms with E-state index in [1.807, 2.05) is 24.3 Å². The minimum Gasteiger partial charge on any atom is -0.386 e. The molecule has 0 bridgehead atoms. The molecule has 17 heavy (non-hydrogen) atoms. The van der Waals surface area contributed by atoms with E-state index in [0.29, 0.717) is 5.82 Å². The van der Waals surface area contributed by atoms with Crippen molar-refractivity contribution in [2.24, 2.45) is 5.16 Å². The highest BCUT2D eigenvalue weighted by Crippen LogP contribution is 2.29. The van der Waals surface area contributed by atoms with Gasteiger partial charge < -0.3 is 4.84 Å². The van der Waals surface area contributed by atoms with Crippen molar-refractivity contribution in [3.63, 3.8) is 0 Å². The van der Waals surface area contributed by atoms with Crippen LogP contribution in [0.4, 0.5) is 0 Å². The number of aromatic nitrogens is 4. The number of nitrogens with zero attached hydrogens (tertiary/aromatic N) is 4. The van der Waals surface area contributed by atoms with Crippen LogP contribution in [0.1, 0.15) is 18.1 Å². The summed E-state index contributed by atoms with van der Waals surface area (Å²) in [5.74, 6) is 0.585. The second kappa shape index (κ2) is 4.25. The van der Waals surface area contributed by atoms with Crippen molar-refractivity contribution in [3.05, 3.63) is 29.8 Å². The van der Waals surface area contributed by atoms with E-state index in [0.717, 1.165) is 22.2 Å². The Morgan fingerprint density at radius 1 is 1.29 bits per heavy atom. The minimum atomic E-state index is -0.0105. The summed E-state index contributed by atoms with van der Waals surface area (Å²) < 4.78 is 0.838. The second-order valence-electron chi connectivity index (χ2n) is 3.62. The molecule has 0 aliphatic carbocycles. The summed E-state index contributed by atoms with van der Waals surface area (Å²) in [5, 5.41) is 17.6. The van der Waals surface area contributed by atoms with Crippen LogP contribution in [-0.2, 0) is 4.84 Å². The van der Waals surface area contributed by atoms with E-state index in [1.54, 1.807) is 0 Å². The van der Waals surface area contributed by atoms with Crippen LogP contribution >= 0.6 is 15.9 Å². The maximum Gasteiger partial charge on any atom is 0.204 e. The third-order valence-electron chi connectivity index (χ3n) is 2.52. The van der Waals surface area contributed by atoms with Crippen LogP contribution in [-0.4, -0.2) is 25.2 Å². The molecule has 0 amide bonds. The van der Waals surface area contributed by atoms with Crippen molar-refractivity contribution in [2.45, 2.75) is 12.5 Å². The summed E-state index contributed by atoms with van der Waals surface area (Å²) >= 11 is 3.31. The lowest BCUT2D eigenvalue weighted by Gasteiger charge is -2.07. The zero-order chi connectivity index (χ0) is 11.7. The fraction of sp³-hybridized carbons (Fsp3) is 0.200. The largest absolute Gasteiger partial charge is 0.386 e. The first kappa shape index (κ1) is 10.4. The molecule has 1 N–H and O–H groups in total. The smallest absolute Gasteiger partial charge is 0.204 e. The number of aromatic amines is 1. The van der Waals surface area contributed by atoms with Crippen LogP contribution in [0, 0.1) is 0 Å². The summed E-state index contributed by atoms with van der Waals surface area (Å²) in [7, 11) is 0. The molecule has 0 spiro atoms. The highest BCUT2D eigenvalue weighted by atomic mass is 79.9. The van der Waals surface area contributed by atoms with Crippen molar-refractivity contribution in [1.29, 1.82) is 0 Å². The van der Waals surface area contributed by atoms with Crippen molar-refractivity contribution < 1.29 is 4.84 Å². The summed E-state index contributed by atoms with van der Waals surface area (Å²) in [6.07, 6.45) is 0.755. The lowest BCUT2D eigenvalue weighted by Crippen LogP contribution is -1.96. The van der Waals surface area contributed by atoms with Gasteiger partial charge in [-0.25, -0.2) is 0 Å². The number of tetrazole rings is 1. The van der Waals surface area contributed by atoms with Crippen LogP contribution in [0.15, 0.2) is 29.4 Å². The molecule has 2 heterocycles. The normalized spacial score (nSPS) is 18.9. The topological polar surface area (TPSA) is 76.1 Å². The molecule has 1 aromatic carbocycles. The van der Waals surface area contributed by atoms with Gasteiger partial charge in [0.2, 0.25) is 5.82 Å². The van der Waals surface area contributed by atoms with E-state index in [1.165, 1.54) is 0 Å². The van der Waals surface area contributed by atoms with E-state index in [-0.39, 0.29) is 6.10 Å². The molecule has 7 heteroatoms. The molecule has 1 aliphatic rings. The van der Waals surface area contributed by atoms with E-state index in [4.69, 9.17) is 4.84 Å². The van der Waals surface area contributed by atoms with Gasteiger partial charge >= 0.3 is 0 Å². The van der Waals surface area contributed by atoms with E-state index < -0.39 is 0 Å². The predicted molar refractivity (Wildman–Crippen MR) is 64.4 cm³/mol. The number of nitrogens with one attached hydrogen (secondary N) is 1. The molecule has 3 rings (SSSR count). The number of halogens is 1. The van der Waals surface area contributed by atoms with Crippen molar-refractivity contribution in [1.82, 2.24) is 20.6 Å². The molecule has 0 fully saturated rings. The second-order valence-corrected chi connectivity index (χ2v) is 4.54. The van der Waals surface area contributed by atoms with Gasteiger partial charge in [-0.05, 0) is 26.7 Å². The SMILES string of the molecule is BrC1=NOC(c2ccc(-c3nn[nH]n3)cc2)C1. The molecule has 0 radical (unpaired) electrons. The van der Waals surface area contributed by atoms with Gasteiger partial charge in [-0.3, -0.25) is 0 Å².